The van der Waals surface area contributed by atoms with Gasteiger partial charge in [0.2, 0.25) is 5.91 Å². The molecule has 206 valence electrons. The Hall–Kier alpha value is -3.47. The summed E-state index contributed by atoms with van der Waals surface area (Å²) in [6, 6.07) is 20.0. The van der Waals surface area contributed by atoms with Gasteiger partial charge in [0.1, 0.15) is 17.7 Å². The van der Waals surface area contributed by atoms with Crippen LogP contribution in [0.3, 0.4) is 0 Å². The summed E-state index contributed by atoms with van der Waals surface area (Å²) >= 11 is 12.2. The van der Waals surface area contributed by atoms with Gasteiger partial charge in [-0.25, -0.2) is 19.8 Å². The minimum Gasteiger partial charge on any atom is -0.425 e. The molecule has 3 aliphatic heterocycles. The monoisotopic (exact) mass is 580 g/mol. The largest absolute Gasteiger partial charge is 0.425 e. The molecule has 0 bridgehead atoms. The van der Waals surface area contributed by atoms with E-state index >= 15 is 0 Å². The number of carbonyl (C=O) groups is 3. The fourth-order valence-corrected chi connectivity index (χ4v) is 5.88. The molecule has 9 nitrogen and oxygen atoms in total. The predicted molar refractivity (Wildman–Crippen MR) is 150 cm³/mol. The zero-order valence-corrected chi connectivity index (χ0v) is 23.2. The summed E-state index contributed by atoms with van der Waals surface area (Å²) in [5, 5.41) is 3.93. The normalized spacial score (nSPS) is 26.4. The third-order valence-electron chi connectivity index (χ3n) is 7.47. The number of hydrazine groups is 1. The lowest BCUT2D eigenvalue weighted by atomic mass is 9.90. The van der Waals surface area contributed by atoms with Gasteiger partial charge >= 0.3 is 5.97 Å². The number of para-hydroxylation sites is 1. The van der Waals surface area contributed by atoms with Crippen molar-refractivity contribution in [1.82, 2.24) is 10.4 Å². The number of imide groups is 1. The summed E-state index contributed by atoms with van der Waals surface area (Å²) in [4.78, 5) is 47.4. The highest BCUT2D eigenvalue weighted by atomic mass is 35.5. The molecule has 3 aromatic rings. The lowest BCUT2D eigenvalue weighted by molar-refractivity contribution is -0.139. The first-order valence-corrected chi connectivity index (χ1v) is 13.6. The first kappa shape index (κ1) is 26.7. The molecule has 3 saturated heterocycles. The fraction of sp³-hybridized carbons (Fsp3) is 0.276. The van der Waals surface area contributed by atoms with Crippen LogP contribution in [-0.2, 0) is 19.2 Å². The topological polar surface area (TPSA) is 91.4 Å². The highest BCUT2D eigenvalue weighted by Crippen LogP contribution is 2.48. The number of esters is 1. The number of hydrogen-bond acceptors (Lipinski definition) is 8. The second kappa shape index (κ2) is 10.5. The van der Waals surface area contributed by atoms with E-state index in [4.69, 9.17) is 32.8 Å². The molecule has 3 fully saturated rings. The van der Waals surface area contributed by atoms with E-state index in [9.17, 15) is 14.4 Å². The Labute approximate surface area is 241 Å². The molecule has 3 heterocycles. The van der Waals surface area contributed by atoms with Crippen molar-refractivity contribution >= 4 is 52.4 Å². The number of ether oxygens (including phenoxy) is 1. The van der Waals surface area contributed by atoms with Crippen molar-refractivity contribution in [2.45, 2.75) is 37.6 Å². The smallest absolute Gasteiger partial charge is 0.330 e. The van der Waals surface area contributed by atoms with E-state index in [1.54, 1.807) is 46.5 Å². The number of carbonyl (C=O) groups excluding carboxylic acids is 3. The molecule has 11 heteroatoms. The lowest BCUT2D eigenvalue weighted by Crippen LogP contribution is -2.41. The molecule has 3 aromatic carbocycles. The summed E-state index contributed by atoms with van der Waals surface area (Å²) in [7, 11) is 1.81. The van der Waals surface area contributed by atoms with E-state index in [-0.39, 0.29) is 23.1 Å². The molecule has 0 spiro atoms. The minimum absolute atomic E-state index is 0.180. The molecule has 0 radical (unpaired) electrons. The molecule has 3 aliphatic rings. The van der Waals surface area contributed by atoms with Gasteiger partial charge in [0.25, 0.3) is 5.91 Å². The van der Waals surface area contributed by atoms with Crippen molar-refractivity contribution in [1.29, 1.82) is 0 Å². The fourth-order valence-electron chi connectivity index (χ4n) is 5.59. The van der Waals surface area contributed by atoms with Gasteiger partial charge in [-0.05, 0) is 61.4 Å². The van der Waals surface area contributed by atoms with Gasteiger partial charge in [-0.2, -0.15) is 0 Å². The quantitative estimate of drug-likeness (QED) is 0.267. The van der Waals surface area contributed by atoms with Gasteiger partial charge in [-0.3, -0.25) is 19.9 Å². The number of benzene rings is 3. The van der Waals surface area contributed by atoms with Crippen molar-refractivity contribution in [3.8, 4) is 5.75 Å². The van der Waals surface area contributed by atoms with Crippen LogP contribution in [0.15, 0.2) is 72.8 Å². The summed E-state index contributed by atoms with van der Waals surface area (Å²) in [5.41, 5.74) is 4.94. The van der Waals surface area contributed by atoms with Crippen LogP contribution in [0.5, 0.6) is 5.75 Å². The first-order valence-electron chi connectivity index (χ1n) is 12.9. The van der Waals surface area contributed by atoms with Crippen molar-refractivity contribution in [3.05, 3.63) is 88.4 Å². The minimum atomic E-state index is -1.03. The maximum atomic E-state index is 13.8. The van der Waals surface area contributed by atoms with Gasteiger partial charge in [-0.1, -0.05) is 53.5 Å². The van der Waals surface area contributed by atoms with E-state index in [0.717, 1.165) is 10.5 Å². The Morgan fingerprint density at radius 1 is 0.950 bits per heavy atom. The summed E-state index contributed by atoms with van der Waals surface area (Å²) < 4.78 is 5.65. The Balaban J connectivity index is 1.30. The number of fused-ring (bicyclic) bond motifs is 1. The van der Waals surface area contributed by atoms with Crippen LogP contribution >= 0.6 is 23.2 Å². The van der Waals surface area contributed by atoms with E-state index in [2.05, 4.69) is 5.43 Å². The van der Waals surface area contributed by atoms with Gasteiger partial charge in [0, 0.05) is 13.1 Å². The molecule has 40 heavy (non-hydrogen) atoms. The van der Waals surface area contributed by atoms with Crippen molar-refractivity contribution in [3.63, 3.8) is 0 Å². The maximum Gasteiger partial charge on any atom is 0.330 e. The predicted octanol–water partition coefficient (Wildman–Crippen LogP) is 4.55. The summed E-state index contributed by atoms with van der Waals surface area (Å²) in [6.07, 6.45) is -0.384. The lowest BCUT2D eigenvalue weighted by Gasteiger charge is -2.29. The molecule has 2 amide bonds. The van der Waals surface area contributed by atoms with E-state index in [1.807, 2.05) is 44.3 Å². The Morgan fingerprint density at radius 2 is 1.68 bits per heavy atom. The molecule has 0 aromatic heterocycles. The second-order valence-corrected chi connectivity index (χ2v) is 11.0. The SMILES string of the molecule is C[C@@H]1C[C@H](C(=O)Oc2ccc([C@@H]3[C@@H]4C(=O)N(c5ccc(Cl)c(Cl)c5)C(=O)[C@H]4ON3c3ccccc3)cc2)N(C)N1. The number of nitrogens with one attached hydrogen (secondary N) is 1. The Kier molecular flexibility index (Phi) is 7.02. The molecule has 0 unspecified atom stereocenters. The highest BCUT2D eigenvalue weighted by molar-refractivity contribution is 6.42. The molecular formula is C29H26Cl2N4O5. The zero-order chi connectivity index (χ0) is 28.1. The molecule has 5 atom stereocenters. The number of nitrogens with zero attached hydrogens (tertiary/aromatic N) is 3. The van der Waals surface area contributed by atoms with Crippen molar-refractivity contribution in [2.24, 2.45) is 5.92 Å². The number of amides is 2. The molecule has 0 saturated carbocycles. The van der Waals surface area contributed by atoms with Crippen LogP contribution in [-0.4, -0.2) is 48.0 Å². The van der Waals surface area contributed by atoms with Gasteiger partial charge in [-0.15, -0.1) is 0 Å². The number of anilines is 2. The first-order chi connectivity index (χ1) is 19.2. The second-order valence-electron chi connectivity index (χ2n) is 10.2. The highest BCUT2D eigenvalue weighted by Gasteiger charge is 2.60. The Bertz CT molecular complexity index is 1470. The average Bonchev–Trinajstić information content (AvgIpc) is 3.58. The van der Waals surface area contributed by atoms with Crippen LogP contribution in [0.25, 0.3) is 0 Å². The van der Waals surface area contributed by atoms with Crippen molar-refractivity contribution < 1.29 is 24.0 Å². The number of hydrogen-bond donors (Lipinski definition) is 1. The van der Waals surface area contributed by atoms with Crippen LogP contribution in [0.1, 0.15) is 24.9 Å². The van der Waals surface area contributed by atoms with Gasteiger partial charge < -0.3 is 4.74 Å². The van der Waals surface area contributed by atoms with Gasteiger partial charge in [0.05, 0.1) is 27.5 Å². The summed E-state index contributed by atoms with van der Waals surface area (Å²) in [5.74, 6) is -1.68. The van der Waals surface area contributed by atoms with Crippen LogP contribution in [0.2, 0.25) is 10.0 Å². The number of rotatable bonds is 5. The molecule has 6 rings (SSSR count). The third kappa shape index (κ3) is 4.63. The molecule has 0 aliphatic carbocycles. The summed E-state index contributed by atoms with van der Waals surface area (Å²) in [6.45, 7) is 2.01. The number of hydroxylamine groups is 1. The zero-order valence-electron chi connectivity index (χ0n) is 21.7. The average molecular weight is 581 g/mol. The number of likely N-dealkylation sites (N-methyl/N-ethyl adjacent to an activating group) is 1. The van der Waals surface area contributed by atoms with E-state index in [1.165, 1.54) is 6.07 Å². The van der Waals surface area contributed by atoms with E-state index in [0.29, 0.717) is 28.6 Å². The number of halogens is 2. The third-order valence-corrected chi connectivity index (χ3v) is 8.21. The standard InChI is InChI=1S/C29H26Cl2N4O5/c1-16-14-23(33(2)32-16)29(38)39-20-11-8-17(9-12-20)25-24-26(40-35(25)18-6-4-3-5-7-18)28(37)34(27(24)36)19-10-13-21(30)22(31)15-19/h3-13,15-16,23-26,32H,14H2,1-2H3/t16-,23-,24+,25-,26+/m1/s1. The van der Waals surface area contributed by atoms with Crippen LogP contribution in [0.4, 0.5) is 11.4 Å². The van der Waals surface area contributed by atoms with Crippen LogP contribution < -0.4 is 20.1 Å². The van der Waals surface area contributed by atoms with E-state index < -0.39 is 29.9 Å². The Morgan fingerprint density at radius 3 is 2.33 bits per heavy atom. The van der Waals surface area contributed by atoms with Gasteiger partial charge in [0.15, 0.2) is 6.10 Å². The molecular weight excluding hydrogens is 555 g/mol. The maximum absolute atomic E-state index is 13.8. The molecule has 1 N–H and O–H groups in total. The van der Waals surface area contributed by atoms with Crippen LogP contribution in [0, 0.1) is 5.92 Å². The van der Waals surface area contributed by atoms with Crippen molar-refractivity contribution in [2.75, 3.05) is 17.0 Å².